The van der Waals surface area contributed by atoms with Crippen LogP contribution in [0.15, 0.2) is 47.5 Å². The van der Waals surface area contributed by atoms with Crippen LogP contribution in [0, 0.1) is 6.92 Å². The summed E-state index contributed by atoms with van der Waals surface area (Å²) in [4.78, 5) is 20.1. The molecule has 11 heteroatoms. The van der Waals surface area contributed by atoms with Crippen molar-refractivity contribution in [2.75, 3.05) is 6.26 Å². The molecule has 3 aromatic rings. The molecule has 1 amide bonds. The van der Waals surface area contributed by atoms with Gasteiger partial charge in [0.1, 0.15) is 10.8 Å². The summed E-state index contributed by atoms with van der Waals surface area (Å²) in [5.41, 5.74) is 2.47. The van der Waals surface area contributed by atoms with Gasteiger partial charge in [-0.1, -0.05) is 12.1 Å². The van der Waals surface area contributed by atoms with Crippen LogP contribution in [-0.2, 0) is 22.9 Å². The monoisotopic (exact) mass is 510 g/mol. The molecule has 34 heavy (non-hydrogen) atoms. The number of hydrogen-bond acceptors (Lipinski definition) is 6. The van der Waals surface area contributed by atoms with Crippen LogP contribution in [-0.4, -0.2) is 42.7 Å². The summed E-state index contributed by atoms with van der Waals surface area (Å²) < 4.78 is 68.3. The van der Waals surface area contributed by atoms with E-state index >= 15 is 0 Å². The Labute approximate surface area is 198 Å². The highest BCUT2D eigenvalue weighted by Gasteiger charge is 2.39. The van der Waals surface area contributed by atoms with E-state index in [2.05, 4.69) is 4.98 Å². The van der Waals surface area contributed by atoms with Crippen LogP contribution in [0.4, 0.5) is 13.2 Å². The van der Waals surface area contributed by atoms with E-state index in [0.717, 1.165) is 58.0 Å². The number of ether oxygens (including phenoxy) is 1. The van der Waals surface area contributed by atoms with Gasteiger partial charge in [0.05, 0.1) is 10.5 Å². The summed E-state index contributed by atoms with van der Waals surface area (Å²) in [5.74, 6) is -0.935. The number of sulfone groups is 1. The van der Waals surface area contributed by atoms with Gasteiger partial charge in [-0.2, -0.15) is 13.2 Å². The summed E-state index contributed by atoms with van der Waals surface area (Å²) in [7, 11) is -3.70. The van der Waals surface area contributed by atoms with E-state index in [-0.39, 0.29) is 29.3 Å². The second kappa shape index (κ2) is 8.70. The highest BCUT2D eigenvalue weighted by Crippen LogP contribution is 2.34. The molecule has 4 rings (SSSR count). The molecule has 0 aliphatic carbocycles. The van der Waals surface area contributed by atoms with Crippen molar-refractivity contribution in [2.45, 2.75) is 44.1 Å². The molecule has 1 aliphatic rings. The Morgan fingerprint density at radius 1 is 1.15 bits per heavy atom. The van der Waals surface area contributed by atoms with Gasteiger partial charge in [-0.3, -0.25) is 4.79 Å². The normalized spacial score (nSPS) is 14.7. The number of nitrogens with zero attached hydrogens (tertiary/aromatic N) is 2. The van der Waals surface area contributed by atoms with Gasteiger partial charge in [-0.05, 0) is 49.2 Å². The molecule has 2 heterocycles. The number of alkyl halides is 3. The van der Waals surface area contributed by atoms with Gasteiger partial charge in [0.15, 0.2) is 15.9 Å². The number of aromatic nitrogens is 1. The highest BCUT2D eigenvalue weighted by atomic mass is 32.2. The second-order valence-corrected chi connectivity index (χ2v) is 11.4. The third-order valence-corrected chi connectivity index (χ3v) is 7.53. The summed E-state index contributed by atoms with van der Waals surface area (Å²) >= 11 is 1.55. The first-order chi connectivity index (χ1) is 15.8. The first-order valence-electron chi connectivity index (χ1n) is 10.2. The SMILES string of the molecule is Cc1cnc(-c2ccc3c(c2)CN(C(=O)c2cc(S(C)(=O)=O)ccc2O[C@@H](C)C(F)(F)F)C3)s1. The summed E-state index contributed by atoms with van der Waals surface area (Å²) in [6.45, 7) is 3.25. The maximum Gasteiger partial charge on any atom is 0.425 e. The lowest BCUT2D eigenvalue weighted by atomic mass is 10.1. The van der Waals surface area contributed by atoms with Crippen molar-refractivity contribution < 1.29 is 31.1 Å². The topological polar surface area (TPSA) is 76.6 Å². The molecule has 0 spiro atoms. The fourth-order valence-electron chi connectivity index (χ4n) is 3.60. The minimum atomic E-state index is -4.65. The molecule has 0 N–H and O–H groups in total. The largest absolute Gasteiger partial charge is 0.480 e. The van der Waals surface area contributed by atoms with Crippen LogP contribution in [0.2, 0.25) is 0 Å². The fraction of sp³-hybridized carbons (Fsp3) is 0.304. The molecule has 0 radical (unpaired) electrons. The molecule has 1 aromatic heterocycles. The van der Waals surface area contributed by atoms with Gasteiger partial charge >= 0.3 is 6.18 Å². The number of amides is 1. The van der Waals surface area contributed by atoms with E-state index in [1.807, 2.05) is 25.1 Å². The van der Waals surface area contributed by atoms with Crippen molar-refractivity contribution in [3.63, 3.8) is 0 Å². The van der Waals surface area contributed by atoms with Gasteiger partial charge in [0, 0.05) is 36.0 Å². The zero-order valence-electron chi connectivity index (χ0n) is 18.5. The first kappa shape index (κ1) is 24.2. The summed E-state index contributed by atoms with van der Waals surface area (Å²) in [5, 5.41) is 0.850. The first-order valence-corrected chi connectivity index (χ1v) is 12.9. The van der Waals surface area contributed by atoms with Crippen LogP contribution in [0.25, 0.3) is 10.6 Å². The number of hydrogen-bond donors (Lipinski definition) is 0. The number of carbonyl (C=O) groups is 1. The Hall–Kier alpha value is -2.92. The lowest BCUT2D eigenvalue weighted by molar-refractivity contribution is -0.189. The van der Waals surface area contributed by atoms with Crippen molar-refractivity contribution in [1.29, 1.82) is 0 Å². The van der Waals surface area contributed by atoms with Crippen LogP contribution < -0.4 is 4.74 Å². The number of carbonyl (C=O) groups excluding carboxylic acids is 1. The van der Waals surface area contributed by atoms with Gasteiger partial charge in [0.2, 0.25) is 0 Å². The van der Waals surface area contributed by atoms with Crippen molar-refractivity contribution in [2.24, 2.45) is 0 Å². The highest BCUT2D eigenvalue weighted by molar-refractivity contribution is 7.90. The molecule has 1 atom stereocenters. The molecular weight excluding hydrogens is 489 g/mol. The number of benzene rings is 2. The Morgan fingerprint density at radius 2 is 1.85 bits per heavy atom. The molecule has 0 unspecified atom stereocenters. The zero-order chi connectivity index (χ0) is 24.8. The summed E-state index contributed by atoms with van der Waals surface area (Å²) in [6, 6.07) is 9.04. The van der Waals surface area contributed by atoms with E-state index in [1.165, 1.54) is 4.90 Å². The van der Waals surface area contributed by atoms with E-state index in [0.29, 0.717) is 0 Å². The third kappa shape index (κ3) is 4.95. The number of aryl methyl sites for hydroxylation is 1. The molecule has 0 fully saturated rings. The number of fused-ring (bicyclic) bond motifs is 1. The minimum Gasteiger partial charge on any atom is -0.480 e. The number of rotatable bonds is 5. The fourth-order valence-corrected chi connectivity index (χ4v) is 5.00. The van der Waals surface area contributed by atoms with Crippen molar-refractivity contribution >= 4 is 27.1 Å². The smallest absolute Gasteiger partial charge is 0.425 e. The van der Waals surface area contributed by atoms with Gasteiger partial charge in [-0.25, -0.2) is 13.4 Å². The van der Waals surface area contributed by atoms with Crippen molar-refractivity contribution in [3.05, 3.63) is 64.2 Å². The zero-order valence-corrected chi connectivity index (χ0v) is 20.1. The molecule has 0 bridgehead atoms. The van der Waals surface area contributed by atoms with Crippen molar-refractivity contribution in [3.8, 4) is 16.3 Å². The Morgan fingerprint density at radius 3 is 2.47 bits per heavy atom. The maximum absolute atomic E-state index is 13.4. The molecule has 180 valence electrons. The minimum absolute atomic E-state index is 0.180. The second-order valence-electron chi connectivity index (χ2n) is 8.15. The molecule has 0 saturated heterocycles. The van der Waals surface area contributed by atoms with Gasteiger partial charge < -0.3 is 9.64 Å². The lowest BCUT2D eigenvalue weighted by Crippen LogP contribution is -2.32. The Bertz CT molecular complexity index is 1370. The predicted octanol–water partition coefficient (Wildman–Crippen LogP) is 5.01. The van der Waals surface area contributed by atoms with E-state index in [4.69, 9.17) is 4.74 Å². The van der Waals surface area contributed by atoms with Gasteiger partial charge in [-0.15, -0.1) is 11.3 Å². The van der Waals surface area contributed by atoms with Gasteiger partial charge in [0.25, 0.3) is 5.91 Å². The Kier molecular flexibility index (Phi) is 6.19. The Balaban J connectivity index is 1.65. The van der Waals surface area contributed by atoms with E-state index in [1.54, 1.807) is 17.5 Å². The quantitative estimate of drug-likeness (QED) is 0.483. The van der Waals surface area contributed by atoms with E-state index < -0.39 is 28.0 Å². The average molecular weight is 511 g/mol. The average Bonchev–Trinajstić information content (AvgIpc) is 3.37. The van der Waals surface area contributed by atoms with E-state index in [9.17, 15) is 26.4 Å². The van der Waals surface area contributed by atoms with Crippen molar-refractivity contribution in [1.82, 2.24) is 9.88 Å². The molecule has 6 nitrogen and oxygen atoms in total. The van der Waals surface area contributed by atoms with Crippen LogP contribution in [0.5, 0.6) is 5.75 Å². The van der Waals surface area contributed by atoms with Crippen LogP contribution in [0.1, 0.15) is 33.3 Å². The standard InChI is InChI=1S/C23H21F3N2O4S2/c1-13-10-27-21(33-13)15-4-5-16-11-28(12-17(16)8-15)22(29)19-9-18(34(3,30)31)6-7-20(19)32-14(2)23(24,25)26/h4-10,14H,11-12H2,1-3H3/t14-/m0/s1. The maximum atomic E-state index is 13.4. The number of thiazole rings is 1. The van der Waals surface area contributed by atoms with Crippen LogP contribution >= 0.6 is 11.3 Å². The molecule has 0 saturated carbocycles. The summed E-state index contributed by atoms with van der Waals surface area (Å²) in [6.07, 6.45) is -4.09. The lowest BCUT2D eigenvalue weighted by Gasteiger charge is -2.22. The number of halogens is 3. The molecule has 2 aromatic carbocycles. The molecular formula is C23H21F3N2O4S2. The molecule has 1 aliphatic heterocycles. The predicted molar refractivity (Wildman–Crippen MR) is 122 cm³/mol. The third-order valence-electron chi connectivity index (χ3n) is 5.46. The van der Waals surface area contributed by atoms with Crippen LogP contribution in [0.3, 0.4) is 0 Å².